The van der Waals surface area contributed by atoms with Crippen molar-refractivity contribution in [2.45, 2.75) is 33.3 Å². The second kappa shape index (κ2) is 7.85. The first-order valence-electron chi connectivity index (χ1n) is 7.67. The van der Waals surface area contributed by atoms with Crippen LogP contribution in [0.15, 0.2) is 24.3 Å². The molecule has 2 amide bonds. The fourth-order valence-corrected chi connectivity index (χ4v) is 1.82. The summed E-state index contributed by atoms with van der Waals surface area (Å²) in [5, 5.41) is 2.79. The lowest BCUT2D eigenvalue weighted by Crippen LogP contribution is -2.38. The molecule has 1 rings (SSSR count). The van der Waals surface area contributed by atoms with E-state index < -0.39 is 11.7 Å². The molecule has 1 aromatic rings. The van der Waals surface area contributed by atoms with E-state index in [1.807, 2.05) is 31.3 Å². The van der Waals surface area contributed by atoms with Crippen LogP contribution in [0, 0.1) is 0 Å². The summed E-state index contributed by atoms with van der Waals surface area (Å²) in [7, 11) is 3.52. The number of amides is 2. The van der Waals surface area contributed by atoms with Gasteiger partial charge in [0.1, 0.15) is 12.1 Å². The van der Waals surface area contributed by atoms with E-state index in [1.54, 1.807) is 20.8 Å². The molecular weight excluding hydrogens is 294 g/mol. The van der Waals surface area contributed by atoms with Crippen LogP contribution in [0.4, 0.5) is 16.2 Å². The zero-order valence-electron chi connectivity index (χ0n) is 14.8. The fraction of sp³-hybridized carbons (Fsp3) is 0.529. The summed E-state index contributed by atoms with van der Waals surface area (Å²) < 4.78 is 5.22. The molecule has 0 heterocycles. The van der Waals surface area contributed by atoms with Gasteiger partial charge in [-0.15, -0.1) is 0 Å². The number of ether oxygens (including phenoxy) is 1. The number of carbonyl (C=O) groups is 2. The molecule has 0 saturated carbocycles. The van der Waals surface area contributed by atoms with Gasteiger partial charge >= 0.3 is 6.09 Å². The predicted molar refractivity (Wildman–Crippen MR) is 92.9 cm³/mol. The number of carbonyl (C=O) groups excluding carboxylic acids is 2. The first kappa shape index (κ1) is 18.8. The van der Waals surface area contributed by atoms with Gasteiger partial charge in [-0.25, -0.2) is 4.79 Å². The van der Waals surface area contributed by atoms with Gasteiger partial charge in [0.15, 0.2) is 0 Å². The third-order valence-electron chi connectivity index (χ3n) is 3.13. The van der Waals surface area contributed by atoms with E-state index >= 15 is 0 Å². The molecule has 0 aromatic heterocycles. The van der Waals surface area contributed by atoms with E-state index in [4.69, 9.17) is 4.74 Å². The smallest absolute Gasteiger partial charge is 0.410 e. The molecule has 0 fully saturated rings. The minimum absolute atomic E-state index is 0.0667. The summed E-state index contributed by atoms with van der Waals surface area (Å²) >= 11 is 0. The number of rotatable bonds is 5. The van der Waals surface area contributed by atoms with Gasteiger partial charge in [0, 0.05) is 32.0 Å². The zero-order chi connectivity index (χ0) is 17.6. The van der Waals surface area contributed by atoms with Crippen molar-refractivity contribution in [1.29, 1.82) is 0 Å². The van der Waals surface area contributed by atoms with Gasteiger partial charge in [-0.1, -0.05) is 6.07 Å². The highest BCUT2D eigenvalue weighted by molar-refractivity contribution is 5.94. The van der Waals surface area contributed by atoms with Crippen molar-refractivity contribution in [3.05, 3.63) is 24.3 Å². The van der Waals surface area contributed by atoms with E-state index in [9.17, 15) is 9.59 Å². The summed E-state index contributed by atoms with van der Waals surface area (Å²) in [5.74, 6) is -0.269. The first-order valence-corrected chi connectivity index (χ1v) is 7.67. The summed E-state index contributed by atoms with van der Waals surface area (Å²) in [6, 6.07) is 7.58. The van der Waals surface area contributed by atoms with Crippen LogP contribution in [0.2, 0.25) is 0 Å². The average molecular weight is 321 g/mol. The quantitative estimate of drug-likeness (QED) is 0.906. The topological polar surface area (TPSA) is 61.9 Å². The Morgan fingerprint density at radius 1 is 1.22 bits per heavy atom. The van der Waals surface area contributed by atoms with Crippen molar-refractivity contribution in [2.75, 3.05) is 37.4 Å². The van der Waals surface area contributed by atoms with Crippen LogP contribution in [0.1, 0.15) is 27.7 Å². The predicted octanol–water partition coefficient (Wildman–Crippen LogP) is 2.95. The standard InChI is InChI=1S/C17H27N3O3/c1-7-19(5)14-10-8-9-13(11-14)18-15(21)12-20(6)16(22)23-17(2,3)4/h8-11H,7,12H2,1-6H3,(H,18,21). The van der Waals surface area contributed by atoms with Crippen LogP contribution >= 0.6 is 0 Å². The third kappa shape index (κ3) is 6.59. The van der Waals surface area contributed by atoms with E-state index in [1.165, 1.54) is 11.9 Å². The maximum absolute atomic E-state index is 12.1. The Morgan fingerprint density at radius 2 is 1.87 bits per heavy atom. The Morgan fingerprint density at radius 3 is 2.43 bits per heavy atom. The second-order valence-electron chi connectivity index (χ2n) is 6.45. The van der Waals surface area contributed by atoms with Crippen molar-refractivity contribution in [2.24, 2.45) is 0 Å². The molecule has 0 bridgehead atoms. The average Bonchev–Trinajstić information content (AvgIpc) is 2.44. The zero-order valence-corrected chi connectivity index (χ0v) is 14.8. The Bertz CT molecular complexity index is 552. The molecule has 0 saturated heterocycles. The number of likely N-dealkylation sites (N-methyl/N-ethyl adjacent to an activating group) is 1. The lowest BCUT2D eigenvalue weighted by molar-refractivity contribution is -0.117. The summed E-state index contributed by atoms with van der Waals surface area (Å²) in [6.45, 7) is 8.22. The van der Waals surface area contributed by atoms with Crippen molar-refractivity contribution < 1.29 is 14.3 Å². The molecule has 1 N–H and O–H groups in total. The van der Waals surface area contributed by atoms with Gasteiger partial charge in [0.05, 0.1) is 0 Å². The SMILES string of the molecule is CCN(C)c1cccc(NC(=O)CN(C)C(=O)OC(C)(C)C)c1. The van der Waals surface area contributed by atoms with Crippen LogP contribution in [-0.4, -0.2) is 49.7 Å². The number of benzene rings is 1. The molecule has 0 unspecified atom stereocenters. The summed E-state index contributed by atoms with van der Waals surface area (Å²) in [5.41, 5.74) is 1.14. The Balaban J connectivity index is 2.61. The minimum Gasteiger partial charge on any atom is -0.444 e. The molecule has 0 radical (unpaired) electrons. The van der Waals surface area contributed by atoms with Crippen LogP contribution in [0.3, 0.4) is 0 Å². The van der Waals surface area contributed by atoms with E-state index in [-0.39, 0.29) is 12.5 Å². The maximum atomic E-state index is 12.1. The van der Waals surface area contributed by atoms with Gasteiger partial charge in [0.25, 0.3) is 0 Å². The molecule has 23 heavy (non-hydrogen) atoms. The van der Waals surface area contributed by atoms with Gasteiger partial charge in [0.2, 0.25) is 5.91 Å². The van der Waals surface area contributed by atoms with Gasteiger partial charge < -0.3 is 19.9 Å². The Labute approximate surface area is 138 Å². The molecule has 128 valence electrons. The Hall–Kier alpha value is -2.24. The third-order valence-corrected chi connectivity index (χ3v) is 3.13. The molecule has 0 aliphatic carbocycles. The first-order chi connectivity index (χ1) is 10.6. The summed E-state index contributed by atoms with van der Waals surface area (Å²) in [4.78, 5) is 27.2. The van der Waals surface area contributed by atoms with Gasteiger partial charge in [-0.05, 0) is 45.9 Å². The maximum Gasteiger partial charge on any atom is 0.410 e. The fourth-order valence-electron chi connectivity index (χ4n) is 1.82. The highest BCUT2D eigenvalue weighted by atomic mass is 16.6. The monoisotopic (exact) mass is 321 g/mol. The molecule has 0 spiro atoms. The number of nitrogens with zero attached hydrogens (tertiary/aromatic N) is 2. The van der Waals surface area contributed by atoms with Gasteiger partial charge in [-0.2, -0.15) is 0 Å². The van der Waals surface area contributed by atoms with E-state index in [2.05, 4.69) is 17.1 Å². The number of anilines is 2. The van der Waals surface area contributed by atoms with Crippen molar-refractivity contribution in [3.63, 3.8) is 0 Å². The number of nitrogens with one attached hydrogen (secondary N) is 1. The normalized spacial score (nSPS) is 10.9. The van der Waals surface area contributed by atoms with Crippen LogP contribution < -0.4 is 10.2 Å². The summed E-state index contributed by atoms with van der Waals surface area (Å²) in [6.07, 6.45) is -0.521. The van der Waals surface area contributed by atoms with Crippen LogP contribution in [-0.2, 0) is 9.53 Å². The molecular formula is C17H27N3O3. The Kier molecular flexibility index (Phi) is 6.42. The van der Waals surface area contributed by atoms with Crippen molar-refractivity contribution in [3.8, 4) is 0 Å². The van der Waals surface area contributed by atoms with Crippen molar-refractivity contribution in [1.82, 2.24) is 4.90 Å². The highest BCUT2D eigenvalue weighted by Gasteiger charge is 2.21. The van der Waals surface area contributed by atoms with Gasteiger partial charge in [-0.3, -0.25) is 4.79 Å². The van der Waals surface area contributed by atoms with Crippen LogP contribution in [0.25, 0.3) is 0 Å². The lowest BCUT2D eigenvalue weighted by Gasteiger charge is -2.24. The largest absolute Gasteiger partial charge is 0.444 e. The molecule has 6 nitrogen and oxygen atoms in total. The lowest BCUT2D eigenvalue weighted by atomic mass is 10.2. The molecule has 0 atom stereocenters. The molecule has 0 aliphatic rings. The van der Waals surface area contributed by atoms with E-state index in [0.717, 1.165) is 12.2 Å². The van der Waals surface area contributed by atoms with Crippen LogP contribution in [0.5, 0.6) is 0 Å². The molecule has 6 heteroatoms. The highest BCUT2D eigenvalue weighted by Crippen LogP contribution is 2.18. The number of hydrogen-bond acceptors (Lipinski definition) is 4. The molecule has 1 aromatic carbocycles. The molecule has 0 aliphatic heterocycles. The minimum atomic E-state index is -0.582. The van der Waals surface area contributed by atoms with E-state index in [0.29, 0.717) is 5.69 Å². The second-order valence-corrected chi connectivity index (χ2v) is 6.45. The van der Waals surface area contributed by atoms with Crippen molar-refractivity contribution >= 4 is 23.4 Å². The number of hydrogen-bond donors (Lipinski definition) is 1.